The number of benzene rings is 1. The van der Waals surface area contributed by atoms with E-state index in [4.69, 9.17) is 0 Å². The molecular weight excluding hydrogens is 458 g/mol. The van der Waals surface area contributed by atoms with Crippen LogP contribution in [0.15, 0.2) is 36.7 Å². The molecule has 184 valence electrons. The minimum atomic E-state index is -1.07. The van der Waals surface area contributed by atoms with E-state index in [9.17, 15) is 19.5 Å². The highest BCUT2D eigenvalue weighted by Crippen LogP contribution is 2.40. The fourth-order valence-electron chi connectivity index (χ4n) is 4.88. The van der Waals surface area contributed by atoms with E-state index in [-0.39, 0.29) is 17.4 Å². The molecule has 0 unspecified atom stereocenters. The average Bonchev–Trinajstić information content (AvgIpc) is 3.33. The maximum Gasteiger partial charge on any atom is 0.337 e. The van der Waals surface area contributed by atoms with Gasteiger partial charge in [0.1, 0.15) is 0 Å². The smallest absolute Gasteiger partial charge is 0.337 e. The van der Waals surface area contributed by atoms with Crippen molar-refractivity contribution in [3.8, 4) is 11.1 Å². The van der Waals surface area contributed by atoms with Crippen molar-refractivity contribution >= 4 is 35.1 Å². The van der Waals surface area contributed by atoms with Gasteiger partial charge in [-0.2, -0.15) is 0 Å². The number of nitrogens with one attached hydrogen (secondary N) is 2. The predicted molar refractivity (Wildman–Crippen MR) is 137 cm³/mol. The molecule has 0 atom stereocenters. The van der Waals surface area contributed by atoms with Crippen molar-refractivity contribution in [2.45, 2.75) is 13.8 Å². The Kier molecular flexibility index (Phi) is 5.93. The zero-order valence-corrected chi connectivity index (χ0v) is 20.4. The number of amides is 2. The lowest BCUT2D eigenvalue weighted by Crippen LogP contribution is -2.47. The Bertz CT molecular complexity index is 1430. The van der Waals surface area contributed by atoms with Gasteiger partial charge in [-0.05, 0) is 50.2 Å². The summed E-state index contributed by atoms with van der Waals surface area (Å²) in [5, 5.41) is 12.3. The number of fused-ring (bicyclic) bond motifs is 1. The van der Waals surface area contributed by atoms with E-state index in [2.05, 4.69) is 20.2 Å². The van der Waals surface area contributed by atoms with Crippen LogP contribution in [-0.4, -0.2) is 75.9 Å². The maximum atomic E-state index is 13.3. The second kappa shape index (κ2) is 9.09. The van der Waals surface area contributed by atoms with Crippen molar-refractivity contribution in [3.05, 3.63) is 70.3 Å². The Morgan fingerprint density at radius 1 is 1.11 bits per heavy atom. The number of aryl methyl sites for hydroxylation is 1. The Morgan fingerprint density at radius 2 is 1.86 bits per heavy atom. The molecule has 0 spiro atoms. The number of hydrogen-bond acceptors (Lipinski definition) is 5. The first kappa shape index (κ1) is 23.5. The van der Waals surface area contributed by atoms with Crippen molar-refractivity contribution in [2.24, 2.45) is 0 Å². The number of carbonyl (C=O) groups is 3. The third kappa shape index (κ3) is 4.07. The van der Waals surface area contributed by atoms with Crippen LogP contribution in [0.3, 0.4) is 0 Å². The number of nitrogens with zero attached hydrogens (tertiary/aromatic N) is 3. The monoisotopic (exact) mass is 485 g/mol. The summed E-state index contributed by atoms with van der Waals surface area (Å²) in [6.07, 6.45) is 4.64. The highest BCUT2D eigenvalue weighted by atomic mass is 16.4. The summed E-state index contributed by atoms with van der Waals surface area (Å²) in [6.45, 7) is 6.79. The van der Waals surface area contributed by atoms with Crippen LogP contribution < -0.4 is 5.32 Å². The summed E-state index contributed by atoms with van der Waals surface area (Å²) in [6, 6.07) is 7.00. The minimum absolute atomic E-state index is 0.00692. The minimum Gasteiger partial charge on any atom is -0.478 e. The zero-order chi connectivity index (χ0) is 25.6. The summed E-state index contributed by atoms with van der Waals surface area (Å²) >= 11 is 0. The van der Waals surface area contributed by atoms with Gasteiger partial charge < -0.3 is 25.2 Å². The number of carbonyl (C=O) groups excluding carboxylic acids is 2. The number of likely N-dealkylation sites (N-methyl/N-ethyl adjacent to an activating group) is 1. The molecule has 2 aliphatic rings. The number of piperazine rings is 1. The number of hydrogen-bond donors (Lipinski definition) is 3. The molecule has 2 amide bonds. The molecule has 0 aliphatic carbocycles. The Morgan fingerprint density at radius 3 is 2.58 bits per heavy atom. The molecule has 0 saturated carbocycles. The lowest BCUT2D eigenvalue weighted by Gasteiger charge is -2.32. The van der Waals surface area contributed by atoms with E-state index in [1.54, 1.807) is 24.4 Å². The largest absolute Gasteiger partial charge is 0.478 e. The first-order valence-electron chi connectivity index (χ1n) is 11.8. The van der Waals surface area contributed by atoms with Crippen LogP contribution in [0.5, 0.6) is 0 Å². The van der Waals surface area contributed by atoms with Gasteiger partial charge in [-0.15, -0.1) is 0 Å². The third-order valence-corrected chi connectivity index (χ3v) is 6.89. The standard InChI is InChI=1S/C27H27N5O4/c1-15-22(29-16(2)23(15)26(34)32-9-7-31(3)8-10-32)12-20-24-19(5-4-6-21(24)30-25(20)33)17-11-18(27(35)36)14-28-13-17/h4-6,11-14,29H,7-10H2,1-3H3,(H,30,33)(H,35,36). The molecule has 5 rings (SSSR count). The van der Waals surface area contributed by atoms with E-state index in [1.807, 2.05) is 37.9 Å². The molecule has 2 aliphatic heterocycles. The predicted octanol–water partition coefficient (Wildman–Crippen LogP) is 3.27. The van der Waals surface area contributed by atoms with E-state index >= 15 is 0 Å². The van der Waals surface area contributed by atoms with Crippen LogP contribution in [-0.2, 0) is 4.79 Å². The second-order valence-electron chi connectivity index (χ2n) is 9.27. The van der Waals surface area contributed by atoms with Gasteiger partial charge in [0.2, 0.25) is 0 Å². The number of pyridine rings is 1. The lowest BCUT2D eigenvalue weighted by molar-refractivity contribution is -0.110. The van der Waals surface area contributed by atoms with Crippen LogP contribution in [0.25, 0.3) is 22.8 Å². The number of aromatic nitrogens is 2. The van der Waals surface area contributed by atoms with Gasteiger partial charge in [0.15, 0.2) is 0 Å². The first-order chi connectivity index (χ1) is 17.2. The van der Waals surface area contributed by atoms with Crippen LogP contribution in [0.1, 0.15) is 43.2 Å². The fraction of sp³-hybridized carbons (Fsp3) is 0.259. The SMILES string of the molecule is Cc1[nH]c(C=C2C(=O)Nc3cccc(-c4cncc(C(=O)O)c4)c32)c(C)c1C(=O)N1CCN(C)CC1. The van der Waals surface area contributed by atoms with Gasteiger partial charge in [-0.25, -0.2) is 4.79 Å². The third-order valence-electron chi connectivity index (χ3n) is 6.89. The van der Waals surface area contributed by atoms with Crippen LogP contribution in [0.2, 0.25) is 0 Å². The van der Waals surface area contributed by atoms with Gasteiger partial charge in [0, 0.05) is 66.8 Å². The average molecular weight is 486 g/mol. The Hall–Kier alpha value is -4.24. The first-order valence-corrected chi connectivity index (χ1v) is 11.8. The Balaban J connectivity index is 1.56. The molecule has 2 aromatic heterocycles. The normalized spacial score (nSPS) is 16.8. The fourth-order valence-corrected chi connectivity index (χ4v) is 4.88. The molecule has 9 heteroatoms. The molecule has 0 radical (unpaired) electrons. The molecule has 1 aromatic carbocycles. The van der Waals surface area contributed by atoms with Crippen molar-refractivity contribution in [1.82, 2.24) is 19.8 Å². The molecule has 4 heterocycles. The topological polar surface area (TPSA) is 119 Å². The zero-order valence-electron chi connectivity index (χ0n) is 20.4. The van der Waals surface area contributed by atoms with Gasteiger partial charge >= 0.3 is 5.97 Å². The van der Waals surface area contributed by atoms with Crippen molar-refractivity contribution in [3.63, 3.8) is 0 Å². The number of H-pyrrole nitrogens is 1. The second-order valence-corrected chi connectivity index (χ2v) is 9.27. The quantitative estimate of drug-likeness (QED) is 0.488. The lowest BCUT2D eigenvalue weighted by atomic mass is 9.94. The van der Waals surface area contributed by atoms with Gasteiger partial charge in [0.05, 0.1) is 16.7 Å². The molecule has 3 aromatic rings. The molecule has 0 bridgehead atoms. The molecule has 9 nitrogen and oxygen atoms in total. The molecule has 36 heavy (non-hydrogen) atoms. The summed E-state index contributed by atoms with van der Waals surface area (Å²) in [4.78, 5) is 49.3. The van der Waals surface area contributed by atoms with Crippen molar-refractivity contribution < 1.29 is 19.5 Å². The summed E-state index contributed by atoms with van der Waals surface area (Å²) in [5.74, 6) is -1.34. The van der Waals surface area contributed by atoms with E-state index < -0.39 is 5.97 Å². The van der Waals surface area contributed by atoms with Crippen LogP contribution >= 0.6 is 0 Å². The summed E-state index contributed by atoms with van der Waals surface area (Å²) in [5.41, 5.74) is 5.98. The van der Waals surface area contributed by atoms with E-state index in [1.165, 1.54) is 6.20 Å². The van der Waals surface area contributed by atoms with Crippen molar-refractivity contribution in [2.75, 3.05) is 38.5 Å². The van der Waals surface area contributed by atoms with Gasteiger partial charge in [-0.3, -0.25) is 14.6 Å². The van der Waals surface area contributed by atoms with Crippen molar-refractivity contribution in [1.29, 1.82) is 0 Å². The Labute approximate surface area is 208 Å². The number of carboxylic acids is 1. The molecule has 1 saturated heterocycles. The highest BCUT2D eigenvalue weighted by molar-refractivity contribution is 6.36. The number of aromatic amines is 1. The highest BCUT2D eigenvalue weighted by Gasteiger charge is 2.30. The number of carboxylic acid groups (broad SMARTS) is 1. The maximum absolute atomic E-state index is 13.3. The molecule has 1 fully saturated rings. The number of anilines is 1. The van der Waals surface area contributed by atoms with E-state index in [0.29, 0.717) is 52.3 Å². The van der Waals surface area contributed by atoms with Gasteiger partial charge in [0.25, 0.3) is 11.8 Å². The molecular formula is C27H27N5O4. The number of rotatable bonds is 4. The van der Waals surface area contributed by atoms with Gasteiger partial charge in [-0.1, -0.05) is 12.1 Å². The number of aromatic carboxylic acids is 1. The molecule has 3 N–H and O–H groups in total. The van der Waals surface area contributed by atoms with Crippen LogP contribution in [0.4, 0.5) is 5.69 Å². The summed E-state index contributed by atoms with van der Waals surface area (Å²) in [7, 11) is 2.05. The summed E-state index contributed by atoms with van der Waals surface area (Å²) < 4.78 is 0. The van der Waals surface area contributed by atoms with E-state index in [0.717, 1.165) is 24.3 Å². The van der Waals surface area contributed by atoms with Crippen LogP contribution in [0, 0.1) is 13.8 Å².